The first-order valence-corrected chi connectivity index (χ1v) is 9.84. The van der Waals surface area contributed by atoms with Crippen LogP contribution in [0, 0.1) is 5.92 Å². The molecule has 0 bridgehead atoms. The van der Waals surface area contributed by atoms with Gasteiger partial charge >= 0.3 is 6.36 Å². The van der Waals surface area contributed by atoms with Gasteiger partial charge in [0.05, 0.1) is 0 Å². The molecule has 2 aromatic carbocycles. The summed E-state index contributed by atoms with van der Waals surface area (Å²) in [6.45, 7) is 0. The first-order valence-electron chi connectivity index (χ1n) is 9.84. The number of ketones is 1. The van der Waals surface area contributed by atoms with Gasteiger partial charge in [-0.25, -0.2) is 4.98 Å². The first kappa shape index (κ1) is 20.8. The van der Waals surface area contributed by atoms with Crippen molar-refractivity contribution in [1.82, 2.24) is 9.97 Å². The van der Waals surface area contributed by atoms with Crippen LogP contribution in [0.5, 0.6) is 5.75 Å². The fourth-order valence-corrected chi connectivity index (χ4v) is 3.61. The number of carbonyl (C=O) groups is 1. The lowest BCUT2D eigenvalue weighted by atomic mass is 9.88. The van der Waals surface area contributed by atoms with Crippen LogP contribution in [0.2, 0.25) is 0 Å². The van der Waals surface area contributed by atoms with Gasteiger partial charge in [0.2, 0.25) is 0 Å². The number of Topliss-reactive ketones (excluding diaryl/α,β-unsaturated/α-hetero) is 1. The quantitative estimate of drug-likeness (QED) is 0.532. The number of H-pyrrole nitrogens is 1. The minimum atomic E-state index is -4.75. The van der Waals surface area contributed by atoms with Crippen molar-refractivity contribution in [3.63, 3.8) is 0 Å². The minimum Gasteiger partial charge on any atom is -0.406 e. The lowest BCUT2D eigenvalue weighted by Crippen LogP contribution is -2.17. The van der Waals surface area contributed by atoms with Crippen LogP contribution in [-0.4, -0.2) is 22.1 Å². The van der Waals surface area contributed by atoms with E-state index in [-0.39, 0.29) is 35.5 Å². The van der Waals surface area contributed by atoms with Gasteiger partial charge < -0.3 is 9.72 Å². The zero-order chi connectivity index (χ0) is 22.0. The van der Waals surface area contributed by atoms with Crippen LogP contribution in [0.4, 0.5) is 13.2 Å². The first-order chi connectivity index (χ1) is 14.8. The number of aromatic amines is 1. The number of rotatable bonds is 7. The molecule has 8 heteroatoms. The predicted octanol–water partition coefficient (Wildman–Crippen LogP) is 5.10. The summed E-state index contributed by atoms with van der Waals surface area (Å²) in [7, 11) is 0. The van der Waals surface area contributed by atoms with Gasteiger partial charge in [-0.15, -0.1) is 13.2 Å². The third-order valence-electron chi connectivity index (χ3n) is 5.21. The maximum atomic E-state index is 13.0. The molecule has 0 saturated heterocycles. The summed E-state index contributed by atoms with van der Waals surface area (Å²) in [4.78, 5) is 32.0. The minimum absolute atomic E-state index is 0.0743. The van der Waals surface area contributed by atoms with Crippen molar-refractivity contribution in [2.75, 3.05) is 0 Å². The number of hydrogen-bond donors (Lipinski definition) is 1. The molecule has 1 N–H and O–H groups in total. The van der Waals surface area contributed by atoms with Crippen molar-refractivity contribution in [2.24, 2.45) is 5.92 Å². The largest absolute Gasteiger partial charge is 0.573 e. The van der Waals surface area contributed by atoms with E-state index in [2.05, 4.69) is 14.7 Å². The molecule has 3 aromatic rings. The van der Waals surface area contributed by atoms with Crippen molar-refractivity contribution in [3.8, 4) is 17.1 Å². The summed E-state index contributed by atoms with van der Waals surface area (Å²) in [5, 5.41) is 0. The van der Waals surface area contributed by atoms with Gasteiger partial charge in [-0.05, 0) is 42.4 Å². The Morgan fingerprint density at radius 2 is 1.77 bits per heavy atom. The monoisotopic (exact) mass is 428 g/mol. The van der Waals surface area contributed by atoms with E-state index in [1.54, 1.807) is 36.4 Å². The standard InChI is InChI=1S/C23H19F3N2O3/c24-23(25,26)31-17-10-8-15(9-11-17)18(14-6-7-14)12-20(29)19-13-21(30)28-22(27-19)16-4-2-1-3-5-16/h1-5,8-11,13-14,18H,6-7,12H2,(H,27,28,30)/t18-/m1/s1. The van der Waals surface area contributed by atoms with Gasteiger partial charge in [-0.2, -0.15) is 0 Å². The lowest BCUT2D eigenvalue weighted by molar-refractivity contribution is -0.274. The molecule has 0 spiro atoms. The molecule has 1 heterocycles. The van der Waals surface area contributed by atoms with Gasteiger partial charge in [0.25, 0.3) is 5.56 Å². The van der Waals surface area contributed by atoms with Crippen LogP contribution in [0.15, 0.2) is 65.5 Å². The highest BCUT2D eigenvalue weighted by Crippen LogP contribution is 2.45. The zero-order valence-electron chi connectivity index (χ0n) is 16.4. The van der Waals surface area contributed by atoms with E-state index in [9.17, 15) is 22.8 Å². The summed E-state index contributed by atoms with van der Waals surface area (Å²) >= 11 is 0. The zero-order valence-corrected chi connectivity index (χ0v) is 16.4. The maximum Gasteiger partial charge on any atom is 0.573 e. The number of alkyl halides is 3. The summed E-state index contributed by atoms with van der Waals surface area (Å²) in [5.41, 5.74) is 1.10. The molecule has 1 aliphatic carbocycles. The Hall–Kier alpha value is -3.42. The van der Waals surface area contributed by atoms with Crippen molar-refractivity contribution < 1.29 is 22.7 Å². The van der Waals surface area contributed by atoms with Crippen molar-refractivity contribution in [2.45, 2.75) is 31.5 Å². The molecular formula is C23H19F3N2O3. The second kappa shape index (κ2) is 8.37. The number of nitrogens with zero attached hydrogens (tertiary/aromatic N) is 1. The van der Waals surface area contributed by atoms with Crippen LogP contribution in [0.1, 0.15) is 41.2 Å². The topological polar surface area (TPSA) is 72.1 Å². The third kappa shape index (κ3) is 5.39. The summed E-state index contributed by atoms with van der Waals surface area (Å²) in [6.07, 6.45) is -2.75. The molecular weight excluding hydrogens is 409 g/mol. The molecule has 1 atom stereocenters. The van der Waals surface area contributed by atoms with Crippen LogP contribution in [0.3, 0.4) is 0 Å². The smallest absolute Gasteiger partial charge is 0.406 e. The number of hydrogen-bond acceptors (Lipinski definition) is 4. The molecule has 160 valence electrons. The van der Waals surface area contributed by atoms with Crippen molar-refractivity contribution in [3.05, 3.63) is 82.3 Å². The SMILES string of the molecule is O=C(C[C@@H](c1ccc(OC(F)(F)F)cc1)C1CC1)c1cc(=O)[nH]c(-c2ccccc2)n1. The number of aromatic nitrogens is 2. The molecule has 0 amide bonds. The molecule has 0 unspecified atom stereocenters. The Bertz CT molecular complexity index is 1120. The van der Waals surface area contributed by atoms with Crippen molar-refractivity contribution in [1.29, 1.82) is 0 Å². The molecule has 1 aromatic heterocycles. The molecule has 1 saturated carbocycles. The van der Waals surface area contributed by atoms with Crippen LogP contribution in [0.25, 0.3) is 11.4 Å². The maximum absolute atomic E-state index is 13.0. The van der Waals surface area contributed by atoms with Crippen molar-refractivity contribution >= 4 is 5.78 Å². The summed E-state index contributed by atoms with van der Waals surface area (Å²) < 4.78 is 41.1. The molecule has 1 aliphatic rings. The Labute approximate surface area is 175 Å². The molecule has 5 nitrogen and oxygen atoms in total. The highest BCUT2D eigenvalue weighted by atomic mass is 19.4. The second-order valence-electron chi connectivity index (χ2n) is 7.53. The molecule has 0 radical (unpaired) electrons. The fourth-order valence-electron chi connectivity index (χ4n) is 3.61. The third-order valence-corrected chi connectivity index (χ3v) is 5.21. The van der Waals surface area contributed by atoms with E-state index in [1.165, 1.54) is 18.2 Å². The molecule has 31 heavy (non-hydrogen) atoms. The van der Waals surface area contributed by atoms with E-state index in [0.29, 0.717) is 11.4 Å². The van der Waals surface area contributed by atoms with E-state index in [4.69, 9.17) is 0 Å². The predicted molar refractivity (Wildman–Crippen MR) is 108 cm³/mol. The van der Waals surface area contributed by atoms with Crippen LogP contribution in [-0.2, 0) is 0 Å². The fraction of sp³-hybridized carbons (Fsp3) is 0.261. The normalized spacial score (nSPS) is 14.8. The van der Waals surface area contributed by atoms with Crippen LogP contribution >= 0.6 is 0 Å². The Morgan fingerprint density at radius 1 is 1.10 bits per heavy atom. The summed E-state index contributed by atoms with van der Waals surface area (Å²) in [6, 6.07) is 15.8. The van der Waals surface area contributed by atoms with E-state index >= 15 is 0 Å². The van der Waals surface area contributed by atoms with Crippen LogP contribution < -0.4 is 10.3 Å². The average Bonchev–Trinajstić information content (AvgIpc) is 3.57. The van der Waals surface area contributed by atoms with E-state index < -0.39 is 11.9 Å². The number of nitrogens with one attached hydrogen (secondary N) is 1. The Morgan fingerprint density at radius 3 is 2.39 bits per heavy atom. The lowest BCUT2D eigenvalue weighted by Gasteiger charge is -2.17. The van der Waals surface area contributed by atoms with Gasteiger partial charge in [0.15, 0.2) is 5.78 Å². The van der Waals surface area contributed by atoms with Gasteiger partial charge in [-0.1, -0.05) is 42.5 Å². The number of ether oxygens (including phenoxy) is 1. The number of benzene rings is 2. The number of halogens is 3. The Balaban J connectivity index is 1.55. The molecule has 4 rings (SSSR count). The second-order valence-corrected chi connectivity index (χ2v) is 7.53. The number of carbonyl (C=O) groups excluding carboxylic acids is 1. The van der Waals surface area contributed by atoms with Gasteiger partial charge in [0.1, 0.15) is 17.3 Å². The van der Waals surface area contributed by atoms with Gasteiger partial charge in [0, 0.05) is 18.1 Å². The Kier molecular flexibility index (Phi) is 5.63. The molecule has 0 aliphatic heterocycles. The van der Waals surface area contributed by atoms with E-state index in [1.807, 2.05) is 6.07 Å². The average molecular weight is 428 g/mol. The molecule has 1 fully saturated rings. The summed E-state index contributed by atoms with van der Waals surface area (Å²) in [5.74, 6) is -0.160. The highest BCUT2D eigenvalue weighted by Gasteiger charge is 2.35. The van der Waals surface area contributed by atoms with E-state index in [0.717, 1.165) is 18.4 Å². The van der Waals surface area contributed by atoms with Gasteiger partial charge in [-0.3, -0.25) is 9.59 Å². The highest BCUT2D eigenvalue weighted by molar-refractivity contribution is 5.95.